The van der Waals surface area contributed by atoms with Crippen LogP contribution in [0, 0.1) is 0 Å². The maximum atomic E-state index is 4.65. The van der Waals surface area contributed by atoms with E-state index in [0.29, 0.717) is 11.2 Å². The highest BCUT2D eigenvalue weighted by atomic mass is 32.2. The zero-order valence-corrected chi connectivity index (χ0v) is 13.9. The lowest BCUT2D eigenvalue weighted by atomic mass is 9.88. The Labute approximate surface area is 140 Å². The second-order valence-corrected chi connectivity index (χ2v) is 7.67. The number of thioether (sulfide) groups is 1. The first kappa shape index (κ1) is 13.3. The van der Waals surface area contributed by atoms with E-state index >= 15 is 0 Å². The van der Waals surface area contributed by atoms with Crippen LogP contribution in [0.15, 0.2) is 53.8 Å². The minimum absolute atomic E-state index is 0.388. The first-order valence-corrected chi connectivity index (χ1v) is 8.87. The smallest absolute Gasteiger partial charge is 0.0743 e. The maximum Gasteiger partial charge on any atom is 0.0743 e. The molecule has 0 N–H and O–H groups in total. The van der Waals surface area contributed by atoms with Gasteiger partial charge in [-0.1, -0.05) is 19.1 Å². The molecule has 0 amide bonds. The first-order valence-electron chi connectivity index (χ1n) is 7.99. The molecule has 2 unspecified atom stereocenters. The van der Waals surface area contributed by atoms with Crippen LogP contribution in [0.1, 0.15) is 41.7 Å². The molecule has 3 aromatic rings. The highest BCUT2D eigenvalue weighted by molar-refractivity contribution is 7.99. The van der Waals surface area contributed by atoms with Crippen molar-refractivity contribution < 1.29 is 0 Å². The number of nitrogens with zero attached hydrogens (tertiary/aromatic N) is 2. The largest absolute Gasteiger partial charge is 0.264 e. The topological polar surface area (TPSA) is 25.8 Å². The molecule has 23 heavy (non-hydrogen) atoms. The molecule has 0 bridgehead atoms. The zero-order valence-electron chi connectivity index (χ0n) is 13.1. The molecule has 2 atom stereocenters. The summed E-state index contributed by atoms with van der Waals surface area (Å²) in [7, 11) is 0. The monoisotopic (exact) mass is 316 g/mol. The predicted molar refractivity (Wildman–Crippen MR) is 94.7 cm³/mol. The third-order valence-corrected chi connectivity index (χ3v) is 6.27. The fraction of sp³-hybridized carbons (Fsp3) is 0.200. The Kier molecular flexibility index (Phi) is 2.71. The quantitative estimate of drug-likeness (QED) is 0.552. The van der Waals surface area contributed by atoms with Gasteiger partial charge in [0.1, 0.15) is 0 Å². The highest BCUT2D eigenvalue weighted by Gasteiger charge is 2.33. The van der Waals surface area contributed by atoms with Crippen molar-refractivity contribution in [2.24, 2.45) is 0 Å². The SMILES string of the molecule is CC1Sc2ccc3c(c2-c2ccncc21)C(C)c1cccnc1-3. The Balaban J connectivity index is 1.86. The fourth-order valence-electron chi connectivity index (χ4n) is 3.99. The number of aromatic nitrogens is 2. The third kappa shape index (κ3) is 1.71. The zero-order chi connectivity index (χ0) is 15.6. The lowest BCUT2D eigenvalue weighted by molar-refractivity contribution is 0.944. The van der Waals surface area contributed by atoms with E-state index in [1.54, 1.807) is 0 Å². The van der Waals surface area contributed by atoms with Gasteiger partial charge in [0.15, 0.2) is 0 Å². The number of hydrogen-bond donors (Lipinski definition) is 0. The van der Waals surface area contributed by atoms with Crippen LogP contribution in [-0.4, -0.2) is 9.97 Å². The van der Waals surface area contributed by atoms with Crippen molar-refractivity contribution in [2.75, 3.05) is 0 Å². The molecule has 112 valence electrons. The van der Waals surface area contributed by atoms with Gasteiger partial charge in [-0.25, -0.2) is 0 Å². The van der Waals surface area contributed by atoms with Crippen LogP contribution in [-0.2, 0) is 0 Å². The van der Waals surface area contributed by atoms with Gasteiger partial charge in [0.25, 0.3) is 0 Å². The highest BCUT2D eigenvalue weighted by Crippen LogP contribution is 2.55. The summed E-state index contributed by atoms with van der Waals surface area (Å²) in [5, 5.41) is 0.446. The Morgan fingerprint density at radius 2 is 1.87 bits per heavy atom. The van der Waals surface area contributed by atoms with E-state index in [1.807, 2.05) is 36.4 Å². The van der Waals surface area contributed by atoms with Crippen LogP contribution in [0.3, 0.4) is 0 Å². The molecular weight excluding hydrogens is 300 g/mol. The van der Waals surface area contributed by atoms with Gasteiger partial charge >= 0.3 is 0 Å². The van der Waals surface area contributed by atoms with E-state index in [1.165, 1.54) is 38.3 Å². The Morgan fingerprint density at radius 1 is 0.957 bits per heavy atom. The average molecular weight is 316 g/mol. The second-order valence-electron chi connectivity index (χ2n) is 6.29. The normalized spacial score (nSPS) is 20.4. The molecule has 2 aromatic heterocycles. The second kappa shape index (κ2) is 4.68. The molecule has 0 saturated carbocycles. The molecule has 3 heterocycles. The van der Waals surface area contributed by atoms with Crippen molar-refractivity contribution >= 4 is 11.8 Å². The van der Waals surface area contributed by atoms with Gasteiger partial charge in [-0.05, 0) is 47.4 Å². The van der Waals surface area contributed by atoms with E-state index in [2.05, 4.69) is 48.1 Å². The van der Waals surface area contributed by atoms with E-state index in [0.717, 1.165) is 5.69 Å². The van der Waals surface area contributed by atoms with Gasteiger partial charge in [-0.2, -0.15) is 0 Å². The maximum absolute atomic E-state index is 4.65. The molecule has 2 nitrogen and oxygen atoms in total. The number of benzene rings is 1. The van der Waals surface area contributed by atoms with Gasteiger partial charge in [0.05, 0.1) is 5.69 Å². The van der Waals surface area contributed by atoms with Crippen LogP contribution in [0.2, 0.25) is 0 Å². The predicted octanol–water partition coefficient (Wildman–Crippen LogP) is 5.44. The molecule has 5 rings (SSSR count). The summed E-state index contributed by atoms with van der Waals surface area (Å²) in [5.74, 6) is 0.388. The molecule has 0 spiro atoms. The number of fused-ring (bicyclic) bond motifs is 7. The van der Waals surface area contributed by atoms with E-state index < -0.39 is 0 Å². The number of rotatable bonds is 0. The van der Waals surface area contributed by atoms with Crippen molar-refractivity contribution in [3.63, 3.8) is 0 Å². The first-order chi connectivity index (χ1) is 11.3. The summed E-state index contributed by atoms with van der Waals surface area (Å²) < 4.78 is 0. The van der Waals surface area contributed by atoms with Gasteiger partial charge < -0.3 is 0 Å². The van der Waals surface area contributed by atoms with Gasteiger partial charge in [-0.3, -0.25) is 9.97 Å². The minimum atomic E-state index is 0.388. The molecule has 2 aliphatic rings. The van der Waals surface area contributed by atoms with E-state index in [4.69, 9.17) is 0 Å². The number of pyridine rings is 2. The van der Waals surface area contributed by atoms with Crippen LogP contribution in [0.5, 0.6) is 0 Å². The summed E-state index contributed by atoms with van der Waals surface area (Å²) in [6.07, 6.45) is 5.84. The van der Waals surface area contributed by atoms with E-state index in [9.17, 15) is 0 Å². The Bertz CT molecular complexity index is 948. The lowest BCUT2D eigenvalue weighted by Gasteiger charge is -2.27. The van der Waals surface area contributed by atoms with Crippen molar-refractivity contribution in [1.29, 1.82) is 0 Å². The van der Waals surface area contributed by atoms with Crippen molar-refractivity contribution in [3.05, 3.63) is 65.6 Å². The summed E-state index contributed by atoms with van der Waals surface area (Å²) in [6.45, 7) is 4.57. The van der Waals surface area contributed by atoms with Crippen LogP contribution in [0.4, 0.5) is 0 Å². The Hall–Kier alpha value is -2.13. The molecule has 1 aromatic carbocycles. The summed E-state index contributed by atoms with van der Waals surface area (Å²) in [6, 6.07) is 11.0. The molecule has 3 heteroatoms. The molecular formula is C20H16N2S. The standard InChI is InChI=1S/C20H16N2S/c1-11-13-4-3-8-22-20(13)15-5-6-17-19(18(11)15)14-7-9-21-10-16(14)12(2)23-17/h3-12H,1-2H3. The van der Waals surface area contributed by atoms with Crippen LogP contribution < -0.4 is 0 Å². The molecule has 1 aliphatic heterocycles. The third-order valence-electron chi connectivity index (χ3n) is 5.06. The lowest BCUT2D eigenvalue weighted by Crippen LogP contribution is -2.05. The molecule has 0 radical (unpaired) electrons. The Morgan fingerprint density at radius 3 is 2.78 bits per heavy atom. The molecule has 0 saturated heterocycles. The van der Waals surface area contributed by atoms with Gasteiger partial charge in [0, 0.05) is 45.8 Å². The number of hydrogen-bond acceptors (Lipinski definition) is 3. The van der Waals surface area contributed by atoms with Gasteiger partial charge in [0.2, 0.25) is 0 Å². The fourth-order valence-corrected chi connectivity index (χ4v) is 5.17. The minimum Gasteiger partial charge on any atom is -0.264 e. The summed E-state index contributed by atoms with van der Waals surface area (Å²) in [5.41, 5.74) is 9.31. The van der Waals surface area contributed by atoms with Crippen molar-refractivity contribution in [2.45, 2.75) is 29.9 Å². The van der Waals surface area contributed by atoms with Gasteiger partial charge in [-0.15, -0.1) is 11.8 Å². The van der Waals surface area contributed by atoms with Crippen LogP contribution in [0.25, 0.3) is 22.4 Å². The summed E-state index contributed by atoms with van der Waals surface area (Å²) in [4.78, 5) is 10.4. The summed E-state index contributed by atoms with van der Waals surface area (Å²) >= 11 is 1.94. The van der Waals surface area contributed by atoms with E-state index in [-0.39, 0.29) is 0 Å². The van der Waals surface area contributed by atoms with Crippen molar-refractivity contribution in [3.8, 4) is 22.4 Å². The molecule has 1 aliphatic carbocycles. The average Bonchev–Trinajstić information content (AvgIpc) is 2.88. The van der Waals surface area contributed by atoms with Crippen LogP contribution >= 0.6 is 11.8 Å². The van der Waals surface area contributed by atoms with Crippen molar-refractivity contribution in [1.82, 2.24) is 9.97 Å². The molecule has 0 fully saturated rings.